The molecule has 0 radical (unpaired) electrons. The topological polar surface area (TPSA) is 106 Å². The quantitative estimate of drug-likeness (QED) is 0.126. The van der Waals surface area contributed by atoms with Crippen LogP contribution in [0.2, 0.25) is 0 Å². The number of benzene rings is 1. The minimum absolute atomic E-state index is 0.0574. The molecule has 3 aromatic heterocycles. The van der Waals surface area contributed by atoms with E-state index in [2.05, 4.69) is 16.9 Å². The lowest BCUT2D eigenvalue weighted by molar-refractivity contribution is -0.132. The number of ketones is 1. The lowest BCUT2D eigenvalue weighted by atomic mass is 9.96. The molecule has 10 heteroatoms. The van der Waals surface area contributed by atoms with E-state index in [0.29, 0.717) is 40.1 Å². The van der Waals surface area contributed by atoms with Gasteiger partial charge in [0.05, 0.1) is 31.0 Å². The molecular formula is C29H30N4O5S. The number of imidazole rings is 1. The van der Waals surface area contributed by atoms with Gasteiger partial charge >= 0.3 is 5.91 Å². The van der Waals surface area contributed by atoms with Crippen LogP contribution >= 0.6 is 11.3 Å². The van der Waals surface area contributed by atoms with Crippen molar-refractivity contribution < 1.29 is 24.2 Å². The first-order valence-corrected chi connectivity index (χ1v) is 13.7. The molecule has 0 saturated carbocycles. The first-order chi connectivity index (χ1) is 18.9. The van der Waals surface area contributed by atoms with Crippen molar-refractivity contribution in [3.8, 4) is 11.5 Å². The Bertz CT molecular complexity index is 1570. The van der Waals surface area contributed by atoms with Crippen molar-refractivity contribution in [2.24, 2.45) is 0 Å². The molecule has 4 aromatic rings. The third-order valence-corrected chi connectivity index (χ3v) is 7.66. The maximum atomic E-state index is 13.5. The van der Waals surface area contributed by atoms with Crippen molar-refractivity contribution in [2.75, 3.05) is 18.6 Å². The van der Waals surface area contributed by atoms with E-state index in [9.17, 15) is 14.7 Å². The van der Waals surface area contributed by atoms with Crippen LogP contribution in [0.4, 0.5) is 5.13 Å². The van der Waals surface area contributed by atoms with Crippen LogP contribution in [0.3, 0.4) is 0 Å². The molecule has 0 spiro atoms. The Labute approximate surface area is 230 Å². The minimum Gasteiger partial charge on any atom is -0.505 e. The van der Waals surface area contributed by atoms with Crippen LogP contribution in [-0.2, 0) is 9.59 Å². The van der Waals surface area contributed by atoms with Gasteiger partial charge in [-0.2, -0.15) is 0 Å². The first kappa shape index (κ1) is 26.4. The number of aliphatic hydroxyl groups is 1. The van der Waals surface area contributed by atoms with Crippen molar-refractivity contribution in [2.45, 2.75) is 46.1 Å². The molecule has 39 heavy (non-hydrogen) atoms. The summed E-state index contributed by atoms with van der Waals surface area (Å²) in [7, 11) is 1.54. The number of carbonyl (C=O) groups is 2. The number of hydrogen-bond donors (Lipinski definition) is 1. The molecule has 4 heterocycles. The van der Waals surface area contributed by atoms with E-state index < -0.39 is 17.7 Å². The molecule has 0 aliphatic carbocycles. The van der Waals surface area contributed by atoms with Gasteiger partial charge in [-0.15, -0.1) is 11.3 Å². The number of hydrogen-bond acceptors (Lipinski definition) is 8. The second-order valence-corrected chi connectivity index (χ2v) is 10.3. The molecule has 5 rings (SSSR count). The number of Topliss-reactive ketones (excluding diaryl/α,β-unsaturated/α-hetero) is 1. The summed E-state index contributed by atoms with van der Waals surface area (Å²) in [6.45, 7) is 6.41. The summed E-state index contributed by atoms with van der Waals surface area (Å²) in [5, 5.41) is 13.7. The smallest absolute Gasteiger partial charge is 0.301 e. The van der Waals surface area contributed by atoms with Crippen LogP contribution in [0, 0.1) is 13.8 Å². The zero-order valence-electron chi connectivity index (χ0n) is 22.3. The van der Waals surface area contributed by atoms with Gasteiger partial charge in [-0.3, -0.25) is 14.5 Å². The van der Waals surface area contributed by atoms with Crippen LogP contribution in [-0.4, -0.2) is 44.9 Å². The van der Waals surface area contributed by atoms with Gasteiger partial charge in [-0.25, -0.2) is 9.97 Å². The monoisotopic (exact) mass is 546 g/mol. The van der Waals surface area contributed by atoms with Crippen molar-refractivity contribution in [3.63, 3.8) is 0 Å². The molecular weight excluding hydrogens is 516 g/mol. The van der Waals surface area contributed by atoms with Gasteiger partial charge in [0.25, 0.3) is 5.78 Å². The molecule has 9 nitrogen and oxygen atoms in total. The van der Waals surface area contributed by atoms with E-state index in [1.165, 1.54) is 23.3 Å². The maximum Gasteiger partial charge on any atom is 0.301 e. The molecule has 1 fully saturated rings. The van der Waals surface area contributed by atoms with Crippen molar-refractivity contribution in [3.05, 3.63) is 76.2 Å². The number of fused-ring (bicyclic) bond motifs is 1. The number of unbranched alkanes of at least 4 members (excludes halogenated alkanes) is 2. The molecule has 202 valence electrons. The van der Waals surface area contributed by atoms with Gasteiger partial charge in [0, 0.05) is 17.8 Å². The number of pyridine rings is 1. The van der Waals surface area contributed by atoms with Crippen molar-refractivity contribution in [1.29, 1.82) is 0 Å². The van der Waals surface area contributed by atoms with Crippen LogP contribution in [0.25, 0.3) is 11.4 Å². The average Bonchev–Trinajstić information content (AvgIpc) is 3.65. The number of ether oxygens (including phenoxy) is 2. The predicted octanol–water partition coefficient (Wildman–Crippen LogP) is 5.61. The second-order valence-electron chi connectivity index (χ2n) is 9.38. The summed E-state index contributed by atoms with van der Waals surface area (Å²) in [5.74, 6) is -0.881. The molecule has 0 bridgehead atoms. The number of aromatic nitrogens is 3. The van der Waals surface area contributed by atoms with Gasteiger partial charge in [0.15, 0.2) is 22.4 Å². The number of methoxy groups -OCH3 is 1. The largest absolute Gasteiger partial charge is 0.505 e. The van der Waals surface area contributed by atoms with Crippen molar-refractivity contribution >= 4 is 39.6 Å². The van der Waals surface area contributed by atoms with E-state index in [-0.39, 0.29) is 17.0 Å². The van der Waals surface area contributed by atoms with E-state index in [1.54, 1.807) is 29.8 Å². The molecule has 1 N–H and O–H groups in total. The van der Waals surface area contributed by atoms with Crippen molar-refractivity contribution in [1.82, 2.24) is 14.4 Å². The van der Waals surface area contributed by atoms with Gasteiger partial charge in [0.2, 0.25) is 0 Å². The fourth-order valence-electron chi connectivity index (χ4n) is 4.86. The highest BCUT2D eigenvalue weighted by Gasteiger charge is 2.48. The lowest BCUT2D eigenvalue weighted by Gasteiger charge is -2.23. The molecule has 1 aromatic carbocycles. The van der Waals surface area contributed by atoms with Crippen LogP contribution < -0.4 is 14.4 Å². The van der Waals surface area contributed by atoms with Gasteiger partial charge in [0.1, 0.15) is 11.3 Å². The fourth-order valence-corrected chi connectivity index (χ4v) is 5.53. The Morgan fingerprint density at radius 1 is 1.15 bits per heavy atom. The van der Waals surface area contributed by atoms with Crippen LogP contribution in [0.1, 0.15) is 54.7 Å². The van der Waals surface area contributed by atoms with E-state index in [4.69, 9.17) is 9.47 Å². The Morgan fingerprint density at radius 3 is 2.67 bits per heavy atom. The molecule has 1 atom stereocenters. The lowest BCUT2D eigenvalue weighted by Crippen LogP contribution is -2.29. The van der Waals surface area contributed by atoms with Gasteiger partial charge < -0.3 is 19.0 Å². The van der Waals surface area contributed by atoms with E-state index >= 15 is 0 Å². The van der Waals surface area contributed by atoms with Gasteiger partial charge in [-0.1, -0.05) is 31.9 Å². The molecule has 1 aliphatic rings. The normalized spacial score (nSPS) is 16.8. The number of carbonyl (C=O) groups excluding carboxylic acids is 2. The van der Waals surface area contributed by atoms with E-state index in [0.717, 1.165) is 24.8 Å². The number of amides is 1. The number of nitrogens with zero attached hydrogens (tertiary/aromatic N) is 4. The zero-order chi connectivity index (χ0) is 27.7. The summed E-state index contributed by atoms with van der Waals surface area (Å²) < 4.78 is 13.4. The fraction of sp³-hybridized carbons (Fsp3) is 0.310. The SMILES string of the molecule is CCCCCOc1ccc(C2C(=C(O)c3nc4c(C)cccn4c3C)C(=O)C(=O)N2c2nccs2)cc1OC. The predicted molar refractivity (Wildman–Crippen MR) is 150 cm³/mol. The van der Waals surface area contributed by atoms with Gasteiger partial charge in [-0.05, 0) is 49.6 Å². The molecule has 1 saturated heterocycles. The zero-order valence-corrected chi connectivity index (χ0v) is 23.1. The average molecular weight is 547 g/mol. The van der Waals surface area contributed by atoms with E-state index in [1.807, 2.05) is 36.6 Å². The van der Waals surface area contributed by atoms with Crippen LogP contribution in [0.15, 0.2) is 53.7 Å². The summed E-state index contributed by atoms with van der Waals surface area (Å²) >= 11 is 1.23. The standard InChI is InChI=1S/C29H30N4O5S/c1-5-6-7-14-38-20-11-10-19(16-21(20)37-4)24-22(26(35)28(36)33(24)29-30-12-15-39-29)25(34)23-18(3)32-13-8-9-17(2)27(32)31-23/h8-13,15-16,24,34H,5-7,14H2,1-4H3. The Morgan fingerprint density at radius 2 is 1.97 bits per heavy atom. The maximum absolute atomic E-state index is 13.5. The summed E-state index contributed by atoms with van der Waals surface area (Å²) in [6, 6.07) is 8.15. The van der Waals surface area contributed by atoms with Crippen LogP contribution in [0.5, 0.6) is 11.5 Å². The molecule has 1 unspecified atom stereocenters. The highest BCUT2D eigenvalue weighted by Crippen LogP contribution is 2.44. The summed E-state index contributed by atoms with van der Waals surface area (Å²) in [6.07, 6.45) is 6.48. The number of thiazole rings is 1. The number of aryl methyl sites for hydroxylation is 2. The first-order valence-electron chi connectivity index (χ1n) is 12.8. The second kappa shape index (κ2) is 10.9. The highest BCUT2D eigenvalue weighted by atomic mass is 32.1. The molecule has 1 amide bonds. The summed E-state index contributed by atoms with van der Waals surface area (Å²) in [5.41, 5.74) is 2.99. The molecule has 1 aliphatic heterocycles. The number of aliphatic hydroxyl groups excluding tert-OH is 1. The summed E-state index contributed by atoms with van der Waals surface area (Å²) in [4.78, 5) is 37.2. The number of rotatable bonds is 9. The highest BCUT2D eigenvalue weighted by molar-refractivity contribution is 7.14. The Kier molecular flexibility index (Phi) is 7.38. The Hall–Kier alpha value is -4.18. The third-order valence-electron chi connectivity index (χ3n) is 6.89. The third kappa shape index (κ3) is 4.65. The number of anilines is 1. The minimum atomic E-state index is -0.940. The Balaban J connectivity index is 1.66.